The zero-order valence-corrected chi connectivity index (χ0v) is 20.6. The molecule has 5 rings (SSSR count). The van der Waals surface area contributed by atoms with Crippen LogP contribution in [-0.2, 0) is 13.5 Å². The molecule has 3 aromatic carbocycles. The molecular formula is C28H24BrN3O2. The summed E-state index contributed by atoms with van der Waals surface area (Å²) in [6.07, 6.45) is 0.923. The fourth-order valence-corrected chi connectivity index (χ4v) is 4.79. The fourth-order valence-electron chi connectivity index (χ4n) is 4.33. The van der Waals surface area contributed by atoms with E-state index in [0.29, 0.717) is 11.4 Å². The van der Waals surface area contributed by atoms with Gasteiger partial charge in [0.1, 0.15) is 11.6 Å². The van der Waals surface area contributed by atoms with Crippen molar-refractivity contribution in [3.8, 4) is 17.0 Å². The summed E-state index contributed by atoms with van der Waals surface area (Å²) >= 11 is 3.45. The van der Waals surface area contributed by atoms with E-state index >= 15 is 0 Å². The second-order valence-corrected chi connectivity index (χ2v) is 8.94. The number of halogens is 1. The maximum atomic E-state index is 13.0. The largest absolute Gasteiger partial charge is 0.497 e. The van der Waals surface area contributed by atoms with E-state index in [0.717, 1.165) is 50.6 Å². The van der Waals surface area contributed by atoms with Crippen LogP contribution >= 0.6 is 15.9 Å². The number of para-hydroxylation sites is 1. The number of ether oxygens (including phenoxy) is 1. The van der Waals surface area contributed by atoms with Crippen LogP contribution in [-0.4, -0.2) is 27.9 Å². The number of hydrogen-bond acceptors (Lipinski definition) is 3. The summed E-state index contributed by atoms with van der Waals surface area (Å²) in [5.74, 6) is 1.12. The molecule has 0 saturated carbocycles. The van der Waals surface area contributed by atoms with Gasteiger partial charge >= 0.3 is 0 Å². The summed E-state index contributed by atoms with van der Waals surface area (Å²) in [5.41, 5.74) is 5.67. The summed E-state index contributed by atoms with van der Waals surface area (Å²) in [5, 5.41) is 6.07. The van der Waals surface area contributed by atoms with Crippen molar-refractivity contribution in [3.63, 3.8) is 0 Å². The molecule has 0 saturated heterocycles. The Morgan fingerprint density at radius 1 is 1.00 bits per heavy atom. The molecule has 6 heteroatoms. The van der Waals surface area contributed by atoms with Crippen LogP contribution < -0.4 is 10.1 Å². The lowest BCUT2D eigenvalue weighted by atomic mass is 10.1. The molecule has 0 aliphatic heterocycles. The van der Waals surface area contributed by atoms with Gasteiger partial charge in [-0.15, -0.1) is 0 Å². The fraction of sp³-hybridized carbons (Fsp3) is 0.143. The Morgan fingerprint density at radius 2 is 1.74 bits per heavy atom. The van der Waals surface area contributed by atoms with Crippen molar-refractivity contribution in [3.05, 3.63) is 90.0 Å². The van der Waals surface area contributed by atoms with Crippen molar-refractivity contribution >= 4 is 49.5 Å². The monoisotopic (exact) mass is 513 g/mol. The first-order valence-electron chi connectivity index (χ1n) is 11.1. The number of nitrogens with zero attached hydrogens (tertiary/aromatic N) is 2. The normalized spacial score (nSPS) is 11.1. The van der Waals surface area contributed by atoms with Crippen molar-refractivity contribution in [2.75, 3.05) is 17.8 Å². The minimum atomic E-state index is -0.182. The second-order valence-electron chi connectivity index (χ2n) is 8.15. The molecule has 0 unspecified atom stereocenters. The lowest BCUT2D eigenvalue weighted by Crippen LogP contribution is -2.13. The van der Waals surface area contributed by atoms with Crippen LogP contribution in [0.3, 0.4) is 0 Å². The van der Waals surface area contributed by atoms with E-state index in [2.05, 4.69) is 37.9 Å². The molecule has 0 aliphatic rings. The van der Waals surface area contributed by atoms with Gasteiger partial charge in [0.25, 0.3) is 5.91 Å². The van der Waals surface area contributed by atoms with Crippen molar-refractivity contribution in [2.24, 2.45) is 7.05 Å². The second kappa shape index (κ2) is 9.31. The van der Waals surface area contributed by atoms with Crippen molar-refractivity contribution in [1.82, 2.24) is 9.55 Å². The first kappa shape index (κ1) is 22.2. The van der Waals surface area contributed by atoms with Crippen LogP contribution in [0.2, 0.25) is 0 Å². The molecule has 1 amide bonds. The molecule has 0 fully saturated rings. The number of benzene rings is 3. The van der Waals surface area contributed by atoms with E-state index in [-0.39, 0.29) is 5.91 Å². The number of fused-ring (bicyclic) bond motifs is 3. The van der Waals surface area contributed by atoms with E-state index in [9.17, 15) is 4.79 Å². The summed E-state index contributed by atoms with van der Waals surface area (Å²) in [7, 11) is 3.70. The number of anilines is 1. The van der Waals surface area contributed by atoms with Gasteiger partial charge < -0.3 is 14.6 Å². The highest BCUT2D eigenvalue weighted by Crippen LogP contribution is 2.36. The third kappa shape index (κ3) is 4.05. The molecule has 5 nitrogen and oxygen atoms in total. The van der Waals surface area contributed by atoms with Gasteiger partial charge in [-0.1, -0.05) is 46.3 Å². The number of amides is 1. The molecule has 0 radical (unpaired) electrons. The van der Waals surface area contributed by atoms with Crippen molar-refractivity contribution in [2.45, 2.75) is 6.42 Å². The summed E-state index contributed by atoms with van der Waals surface area (Å²) in [4.78, 5) is 17.9. The third-order valence-electron chi connectivity index (χ3n) is 6.09. The first-order chi connectivity index (χ1) is 16.6. The summed E-state index contributed by atoms with van der Waals surface area (Å²) in [6, 6.07) is 25.7. The highest BCUT2D eigenvalue weighted by Gasteiger charge is 2.17. The maximum absolute atomic E-state index is 13.0. The number of alkyl halides is 1. The third-order valence-corrected chi connectivity index (χ3v) is 6.48. The molecule has 5 aromatic rings. The molecule has 0 bridgehead atoms. The predicted molar refractivity (Wildman–Crippen MR) is 142 cm³/mol. The van der Waals surface area contributed by atoms with Gasteiger partial charge in [-0.25, -0.2) is 4.98 Å². The standard InChI is InChI=1S/C28H24BrN3O2/c1-32-24-6-4-3-5-22(24)23-17-25(31-28(33)20-9-7-18(8-10-20)15-16-29)30-26(27(23)32)19-11-13-21(34-2)14-12-19/h3-14,17H,15-16H2,1-2H3,(H,30,31,33). The number of methoxy groups -OCH3 is 1. The molecular weight excluding hydrogens is 490 g/mol. The van der Waals surface area contributed by atoms with E-state index < -0.39 is 0 Å². The van der Waals surface area contributed by atoms with Crippen LogP contribution in [0.1, 0.15) is 15.9 Å². The average Bonchev–Trinajstić information content (AvgIpc) is 3.16. The van der Waals surface area contributed by atoms with Gasteiger partial charge in [-0.05, 0) is 60.5 Å². The SMILES string of the molecule is COc1ccc(-c2nc(NC(=O)c3ccc(CCBr)cc3)cc3c4ccccc4n(C)c23)cc1. The molecule has 170 valence electrons. The molecule has 34 heavy (non-hydrogen) atoms. The number of hydrogen-bond donors (Lipinski definition) is 1. The average molecular weight is 514 g/mol. The number of nitrogens with one attached hydrogen (secondary N) is 1. The molecule has 0 spiro atoms. The van der Waals surface area contributed by atoms with Crippen LogP contribution in [0.15, 0.2) is 78.9 Å². The van der Waals surface area contributed by atoms with Gasteiger partial charge in [0, 0.05) is 39.8 Å². The summed E-state index contributed by atoms with van der Waals surface area (Å²) < 4.78 is 7.49. The van der Waals surface area contributed by atoms with E-state index in [1.165, 1.54) is 5.56 Å². The maximum Gasteiger partial charge on any atom is 0.256 e. The minimum Gasteiger partial charge on any atom is -0.497 e. The highest BCUT2D eigenvalue weighted by atomic mass is 79.9. The number of pyridine rings is 1. The molecule has 0 atom stereocenters. The van der Waals surface area contributed by atoms with Crippen molar-refractivity contribution in [1.29, 1.82) is 0 Å². The molecule has 2 heterocycles. The summed E-state index contributed by atoms with van der Waals surface area (Å²) in [6.45, 7) is 0. The lowest BCUT2D eigenvalue weighted by molar-refractivity contribution is 0.102. The zero-order chi connectivity index (χ0) is 23.7. The Hall–Kier alpha value is -3.64. The van der Waals surface area contributed by atoms with Gasteiger partial charge in [0.05, 0.1) is 18.3 Å². The Labute approximate surface area is 206 Å². The van der Waals surface area contributed by atoms with E-state index in [1.807, 2.05) is 73.8 Å². The molecule has 0 aliphatic carbocycles. The molecule has 1 N–H and O–H groups in total. The predicted octanol–water partition coefficient (Wildman–Crippen LogP) is 6.59. The number of carbonyl (C=O) groups is 1. The number of carbonyl (C=O) groups excluding carboxylic acids is 1. The van der Waals surface area contributed by atoms with Gasteiger partial charge in [0.2, 0.25) is 0 Å². The van der Waals surface area contributed by atoms with Crippen LogP contribution in [0.25, 0.3) is 33.1 Å². The Bertz CT molecular complexity index is 1490. The minimum absolute atomic E-state index is 0.182. The highest BCUT2D eigenvalue weighted by molar-refractivity contribution is 9.09. The number of aryl methyl sites for hydroxylation is 2. The number of rotatable bonds is 6. The van der Waals surface area contributed by atoms with Gasteiger partial charge in [0.15, 0.2) is 0 Å². The van der Waals surface area contributed by atoms with Gasteiger partial charge in [-0.3, -0.25) is 4.79 Å². The van der Waals surface area contributed by atoms with Crippen LogP contribution in [0.5, 0.6) is 5.75 Å². The first-order valence-corrected chi connectivity index (χ1v) is 12.2. The van der Waals surface area contributed by atoms with E-state index in [4.69, 9.17) is 9.72 Å². The van der Waals surface area contributed by atoms with Gasteiger partial charge in [-0.2, -0.15) is 0 Å². The Balaban J connectivity index is 1.62. The lowest BCUT2D eigenvalue weighted by Gasteiger charge is -2.11. The Morgan fingerprint density at radius 3 is 2.44 bits per heavy atom. The molecule has 2 aromatic heterocycles. The van der Waals surface area contributed by atoms with E-state index in [1.54, 1.807) is 7.11 Å². The topological polar surface area (TPSA) is 56.1 Å². The van der Waals surface area contributed by atoms with Crippen LogP contribution in [0, 0.1) is 0 Å². The van der Waals surface area contributed by atoms with Crippen molar-refractivity contribution < 1.29 is 9.53 Å². The number of aromatic nitrogens is 2. The Kier molecular flexibility index (Phi) is 6.07. The smallest absolute Gasteiger partial charge is 0.256 e. The zero-order valence-electron chi connectivity index (χ0n) is 19.0. The van der Waals surface area contributed by atoms with Crippen LogP contribution in [0.4, 0.5) is 5.82 Å². The quantitative estimate of drug-likeness (QED) is 0.260.